The Morgan fingerprint density at radius 3 is 2.03 bits per heavy atom. The molecule has 0 fully saturated rings. The van der Waals surface area contributed by atoms with E-state index < -0.39 is 10.0 Å². The second kappa shape index (κ2) is 8.76. The van der Waals surface area contributed by atoms with Crippen molar-refractivity contribution in [2.45, 2.75) is 42.9 Å². The van der Waals surface area contributed by atoms with Crippen LogP contribution in [0.15, 0.2) is 98.0 Å². The lowest BCUT2D eigenvalue weighted by Crippen LogP contribution is -2.17. The molecule has 33 heavy (non-hydrogen) atoms. The highest BCUT2D eigenvalue weighted by atomic mass is 32.2. The molecule has 0 unspecified atom stereocenters. The minimum absolute atomic E-state index is 0.0816. The molecule has 0 spiro atoms. The summed E-state index contributed by atoms with van der Waals surface area (Å²) < 4.78 is 30.5. The molecule has 6 heteroatoms. The summed E-state index contributed by atoms with van der Waals surface area (Å²) in [7, 11) is -3.96. The van der Waals surface area contributed by atoms with Gasteiger partial charge < -0.3 is 0 Å². The van der Waals surface area contributed by atoms with Gasteiger partial charge in [0.2, 0.25) is 0 Å². The minimum atomic E-state index is -3.96. The maximum atomic E-state index is 13.1. The number of benzene rings is 3. The van der Waals surface area contributed by atoms with Crippen molar-refractivity contribution in [3.63, 3.8) is 0 Å². The monoisotopic (exact) mass is 475 g/mol. The van der Waals surface area contributed by atoms with Crippen molar-refractivity contribution in [1.82, 2.24) is 0 Å². The van der Waals surface area contributed by atoms with Crippen molar-refractivity contribution in [2.24, 2.45) is 4.40 Å². The average Bonchev–Trinajstić information content (AvgIpc) is 2.78. The van der Waals surface area contributed by atoms with Gasteiger partial charge in [-0.05, 0) is 48.2 Å². The van der Waals surface area contributed by atoms with Crippen molar-refractivity contribution < 1.29 is 13.2 Å². The zero-order valence-electron chi connectivity index (χ0n) is 19.0. The molecule has 0 aliphatic heterocycles. The first-order valence-electron chi connectivity index (χ1n) is 10.6. The Hall–Kier alpha value is -2.96. The number of carbonyl (C=O) groups excluding carboxylic acids is 1. The number of fused-ring (bicyclic) bond motifs is 1. The van der Waals surface area contributed by atoms with Crippen LogP contribution in [0.1, 0.15) is 47.8 Å². The van der Waals surface area contributed by atoms with E-state index in [2.05, 4.69) is 25.2 Å². The van der Waals surface area contributed by atoms with Crippen molar-refractivity contribution in [1.29, 1.82) is 0 Å². The van der Waals surface area contributed by atoms with Crippen LogP contribution in [0.4, 0.5) is 0 Å². The number of Topliss-reactive ketones (excluding diaryl/α,β-unsaturated/α-hetero) is 1. The van der Waals surface area contributed by atoms with E-state index in [0.717, 1.165) is 16.0 Å². The summed E-state index contributed by atoms with van der Waals surface area (Å²) in [6.07, 6.45) is 1.58. The summed E-state index contributed by atoms with van der Waals surface area (Å²) >= 11 is 1.31. The summed E-state index contributed by atoms with van der Waals surface area (Å²) in [6, 6.07) is 21.6. The number of aryl methyl sites for hydroxylation is 1. The lowest BCUT2D eigenvalue weighted by atomic mass is 9.87. The van der Waals surface area contributed by atoms with Crippen LogP contribution in [-0.4, -0.2) is 19.9 Å². The highest BCUT2D eigenvalue weighted by molar-refractivity contribution is 8.04. The Morgan fingerprint density at radius 1 is 0.818 bits per heavy atom. The van der Waals surface area contributed by atoms with E-state index in [1.54, 1.807) is 42.5 Å². The molecular formula is C27H25NO3S2. The van der Waals surface area contributed by atoms with Crippen LogP contribution in [-0.2, 0) is 15.4 Å². The van der Waals surface area contributed by atoms with Gasteiger partial charge in [0.05, 0.1) is 15.5 Å². The molecule has 0 bridgehead atoms. The lowest BCUT2D eigenvalue weighted by Gasteiger charge is -2.19. The van der Waals surface area contributed by atoms with Crippen molar-refractivity contribution in [3.05, 3.63) is 106 Å². The van der Waals surface area contributed by atoms with Gasteiger partial charge in [0.15, 0.2) is 5.78 Å². The van der Waals surface area contributed by atoms with E-state index in [9.17, 15) is 13.2 Å². The third-order valence-electron chi connectivity index (χ3n) is 5.42. The number of sulfonamides is 1. The predicted molar refractivity (Wildman–Crippen MR) is 135 cm³/mol. The number of ketones is 1. The highest BCUT2D eigenvalue weighted by Gasteiger charge is 2.27. The topological polar surface area (TPSA) is 63.6 Å². The molecule has 0 saturated carbocycles. The number of carbonyl (C=O) groups is 1. The summed E-state index contributed by atoms with van der Waals surface area (Å²) in [6.45, 7) is 8.22. The number of nitrogens with zero attached hydrogens (tertiary/aromatic N) is 1. The summed E-state index contributed by atoms with van der Waals surface area (Å²) in [5, 5.41) is 0. The smallest absolute Gasteiger partial charge is 0.282 e. The van der Waals surface area contributed by atoms with E-state index in [1.165, 1.54) is 11.8 Å². The molecule has 3 aromatic carbocycles. The van der Waals surface area contributed by atoms with E-state index >= 15 is 0 Å². The first-order chi connectivity index (χ1) is 15.5. The van der Waals surface area contributed by atoms with Crippen LogP contribution in [0.25, 0.3) is 0 Å². The van der Waals surface area contributed by atoms with Gasteiger partial charge in [-0.2, -0.15) is 12.8 Å². The first-order valence-corrected chi connectivity index (χ1v) is 12.9. The number of thioether (sulfide) groups is 1. The third kappa shape index (κ3) is 5.02. The van der Waals surface area contributed by atoms with Crippen LogP contribution in [0.3, 0.4) is 0 Å². The molecule has 1 aliphatic rings. The largest absolute Gasteiger partial charge is 0.288 e. The zero-order chi connectivity index (χ0) is 23.8. The van der Waals surface area contributed by atoms with E-state index in [0.29, 0.717) is 16.0 Å². The SMILES string of the molecule is Cc1ccc(SC2=C/C(=N/S(=O)(=O)c3ccc(C(C)(C)C)cc3)c3ccccc3C2=O)cc1. The molecule has 0 amide bonds. The molecule has 3 aromatic rings. The molecular weight excluding hydrogens is 450 g/mol. The van der Waals surface area contributed by atoms with Crippen LogP contribution >= 0.6 is 11.8 Å². The van der Waals surface area contributed by atoms with Crippen LogP contribution < -0.4 is 0 Å². The number of rotatable bonds is 4. The fourth-order valence-corrected chi connectivity index (χ4v) is 5.39. The van der Waals surface area contributed by atoms with E-state index in [1.807, 2.05) is 43.3 Å². The van der Waals surface area contributed by atoms with Gasteiger partial charge in [-0.15, -0.1) is 0 Å². The van der Waals surface area contributed by atoms with Crippen LogP contribution in [0.5, 0.6) is 0 Å². The molecule has 0 radical (unpaired) electrons. The van der Waals surface area contributed by atoms with Gasteiger partial charge in [0, 0.05) is 16.0 Å². The number of hydrogen-bond donors (Lipinski definition) is 0. The van der Waals surface area contributed by atoms with Gasteiger partial charge >= 0.3 is 0 Å². The summed E-state index contributed by atoms with van der Waals surface area (Å²) in [4.78, 5) is 14.6. The lowest BCUT2D eigenvalue weighted by molar-refractivity contribution is 0.104. The maximum absolute atomic E-state index is 13.1. The minimum Gasteiger partial charge on any atom is -0.288 e. The van der Waals surface area contributed by atoms with Gasteiger partial charge in [-0.25, -0.2) is 0 Å². The fraction of sp³-hybridized carbons (Fsp3) is 0.185. The quantitative estimate of drug-likeness (QED) is 0.441. The standard InChI is InChI=1S/C27H25NO3S2/c1-18-9-13-20(14-10-18)32-25-17-24(22-7-5-6-8-23(22)26(25)29)28-33(30,31)21-15-11-19(12-16-21)27(2,3)4/h5-17H,1-4H3/b28-24-. The first kappa shape index (κ1) is 23.2. The molecule has 0 saturated heterocycles. The predicted octanol–water partition coefficient (Wildman–Crippen LogP) is 6.34. The second-order valence-electron chi connectivity index (χ2n) is 9.02. The van der Waals surface area contributed by atoms with Gasteiger partial charge in [0.1, 0.15) is 0 Å². The molecule has 0 aromatic heterocycles. The van der Waals surface area contributed by atoms with Gasteiger partial charge in [-0.3, -0.25) is 4.79 Å². The Kier molecular flexibility index (Phi) is 6.16. The normalized spacial score (nSPS) is 15.3. The Morgan fingerprint density at radius 2 is 1.42 bits per heavy atom. The van der Waals surface area contributed by atoms with Crippen molar-refractivity contribution >= 4 is 33.3 Å². The molecule has 4 rings (SSSR count). The summed E-state index contributed by atoms with van der Waals surface area (Å²) in [5.74, 6) is -0.137. The molecule has 168 valence electrons. The second-order valence-corrected chi connectivity index (χ2v) is 11.7. The van der Waals surface area contributed by atoms with Crippen molar-refractivity contribution in [3.8, 4) is 0 Å². The van der Waals surface area contributed by atoms with E-state index in [-0.39, 0.29) is 21.8 Å². The zero-order valence-corrected chi connectivity index (χ0v) is 20.6. The van der Waals surface area contributed by atoms with Gasteiger partial charge in [0.25, 0.3) is 10.0 Å². The number of allylic oxidation sites excluding steroid dienone is 2. The van der Waals surface area contributed by atoms with Crippen LogP contribution in [0, 0.1) is 6.92 Å². The maximum Gasteiger partial charge on any atom is 0.282 e. The van der Waals surface area contributed by atoms with Crippen molar-refractivity contribution in [2.75, 3.05) is 0 Å². The molecule has 0 N–H and O–H groups in total. The fourth-order valence-electron chi connectivity index (χ4n) is 3.50. The molecule has 0 atom stereocenters. The summed E-state index contributed by atoms with van der Waals surface area (Å²) in [5.41, 5.74) is 3.32. The molecule has 1 aliphatic carbocycles. The average molecular weight is 476 g/mol. The Bertz CT molecular complexity index is 1380. The highest BCUT2D eigenvalue weighted by Crippen LogP contribution is 2.34. The Labute approximate surface area is 199 Å². The number of hydrogen-bond acceptors (Lipinski definition) is 4. The van der Waals surface area contributed by atoms with E-state index in [4.69, 9.17) is 0 Å². The molecule has 0 heterocycles. The Balaban J connectivity index is 1.76. The van der Waals surface area contributed by atoms with Gasteiger partial charge in [-0.1, -0.05) is 86.6 Å². The third-order valence-corrected chi connectivity index (χ3v) is 7.76. The molecule has 4 nitrogen and oxygen atoms in total. The van der Waals surface area contributed by atoms with Crippen LogP contribution in [0.2, 0.25) is 0 Å².